The second-order valence-electron chi connectivity index (χ2n) is 12.5. The average molecular weight is 598 g/mol. The second-order valence-corrected chi connectivity index (χ2v) is 12.9. The summed E-state index contributed by atoms with van der Waals surface area (Å²) >= 11 is 6.65. The van der Waals surface area contributed by atoms with E-state index in [2.05, 4.69) is 61.5 Å². The van der Waals surface area contributed by atoms with Crippen LogP contribution in [0.3, 0.4) is 0 Å². The lowest BCUT2D eigenvalue weighted by Gasteiger charge is -2.41. The Morgan fingerprint density at radius 3 is 2.65 bits per heavy atom. The van der Waals surface area contributed by atoms with E-state index in [0.29, 0.717) is 17.7 Å². The number of benzene rings is 3. The quantitative estimate of drug-likeness (QED) is 0.237. The van der Waals surface area contributed by atoms with Gasteiger partial charge in [-0.2, -0.15) is 0 Å². The van der Waals surface area contributed by atoms with E-state index in [1.807, 2.05) is 50.4 Å². The summed E-state index contributed by atoms with van der Waals surface area (Å²) in [6, 6.07) is 23.6. The minimum atomic E-state index is -0.445. The van der Waals surface area contributed by atoms with Crippen LogP contribution in [0.25, 0.3) is 22.6 Å². The summed E-state index contributed by atoms with van der Waals surface area (Å²) in [6.45, 7) is 10.0. The number of hydrogen-bond acceptors (Lipinski definition) is 6. The summed E-state index contributed by atoms with van der Waals surface area (Å²) in [7, 11) is 0. The van der Waals surface area contributed by atoms with E-state index >= 15 is 0 Å². The summed E-state index contributed by atoms with van der Waals surface area (Å²) in [4.78, 5) is 13.3. The van der Waals surface area contributed by atoms with E-state index in [1.165, 1.54) is 29.7 Å². The van der Waals surface area contributed by atoms with Gasteiger partial charge in [0, 0.05) is 42.6 Å². The van der Waals surface area contributed by atoms with Crippen LogP contribution in [0.2, 0.25) is 5.02 Å². The third-order valence-corrected chi connectivity index (χ3v) is 9.39. The van der Waals surface area contributed by atoms with Crippen LogP contribution in [0.5, 0.6) is 0 Å². The van der Waals surface area contributed by atoms with Crippen molar-refractivity contribution in [2.45, 2.75) is 57.6 Å². The highest BCUT2D eigenvalue weighted by Crippen LogP contribution is 2.35. The first-order chi connectivity index (χ1) is 20.9. The van der Waals surface area contributed by atoms with Crippen molar-refractivity contribution in [3.05, 3.63) is 89.1 Å². The predicted molar refractivity (Wildman–Crippen MR) is 173 cm³/mol. The molecule has 1 atom stereocenters. The highest BCUT2D eigenvalue weighted by Gasteiger charge is 2.35. The van der Waals surface area contributed by atoms with Crippen molar-refractivity contribution in [2.24, 2.45) is 0 Å². The minimum absolute atomic E-state index is 0.182. The van der Waals surface area contributed by atoms with Gasteiger partial charge in [0.05, 0.1) is 29.6 Å². The molecule has 3 aromatic carbocycles. The molecule has 0 amide bonds. The summed E-state index contributed by atoms with van der Waals surface area (Å²) < 4.78 is 11.8. The summed E-state index contributed by atoms with van der Waals surface area (Å²) in [6.07, 6.45) is 5.50. The molecule has 1 aromatic heterocycles. The molecular formula is C35H40ClN5O2. The van der Waals surface area contributed by atoms with Crippen LogP contribution >= 0.6 is 11.6 Å². The number of aromatic nitrogens is 2. The fourth-order valence-electron chi connectivity index (χ4n) is 6.83. The molecule has 7 rings (SSSR count). The highest BCUT2D eigenvalue weighted by atomic mass is 35.5. The number of nitrogens with zero attached hydrogens (tertiary/aromatic N) is 3. The number of anilines is 2. The molecule has 0 saturated carbocycles. The number of rotatable bonds is 7. The SMILES string of the molecule is CC1(C)OC[C@H](CN2CCC(N3CCc4c(cccc4Nc4ccc(Cl)c(-c5ncc(-c6ccccc6)[nH]5)c4)C3)CC2)O1. The maximum atomic E-state index is 6.65. The normalized spacial score (nSPS) is 21.1. The Morgan fingerprint density at radius 2 is 1.86 bits per heavy atom. The van der Waals surface area contributed by atoms with Crippen molar-refractivity contribution < 1.29 is 9.47 Å². The van der Waals surface area contributed by atoms with Crippen LogP contribution in [-0.4, -0.2) is 70.5 Å². The van der Waals surface area contributed by atoms with Gasteiger partial charge in [-0.3, -0.25) is 4.90 Å². The Hall–Kier alpha value is -3.20. The summed E-state index contributed by atoms with van der Waals surface area (Å²) in [5.74, 6) is 0.317. The molecule has 0 bridgehead atoms. The van der Waals surface area contributed by atoms with Crippen LogP contribution in [0.1, 0.15) is 37.8 Å². The zero-order valence-corrected chi connectivity index (χ0v) is 25.7. The van der Waals surface area contributed by atoms with Crippen LogP contribution in [0.15, 0.2) is 72.9 Å². The van der Waals surface area contributed by atoms with E-state index in [1.54, 1.807) is 0 Å². The summed E-state index contributed by atoms with van der Waals surface area (Å²) in [5, 5.41) is 4.37. The molecule has 2 N–H and O–H groups in total. The Bertz CT molecular complexity index is 1560. The lowest BCUT2D eigenvalue weighted by atomic mass is 9.94. The number of halogens is 1. The molecule has 224 valence electrons. The Kier molecular flexibility index (Phi) is 8.01. The molecule has 2 fully saturated rings. The highest BCUT2D eigenvalue weighted by molar-refractivity contribution is 6.33. The lowest BCUT2D eigenvalue weighted by Crippen LogP contribution is -2.48. The van der Waals surface area contributed by atoms with Gasteiger partial charge in [-0.1, -0.05) is 54.1 Å². The molecule has 8 heteroatoms. The zero-order chi connectivity index (χ0) is 29.4. The maximum Gasteiger partial charge on any atom is 0.163 e. The summed E-state index contributed by atoms with van der Waals surface area (Å²) in [5.41, 5.74) is 7.96. The van der Waals surface area contributed by atoms with Crippen LogP contribution in [0.4, 0.5) is 11.4 Å². The van der Waals surface area contributed by atoms with Gasteiger partial charge in [0.15, 0.2) is 5.79 Å². The number of nitrogens with one attached hydrogen (secondary N) is 2. The third-order valence-electron chi connectivity index (χ3n) is 9.06. The van der Waals surface area contributed by atoms with Crippen molar-refractivity contribution in [2.75, 3.05) is 38.1 Å². The van der Waals surface area contributed by atoms with Crippen LogP contribution in [-0.2, 0) is 22.4 Å². The molecule has 2 saturated heterocycles. The Balaban J connectivity index is 0.998. The fraction of sp³-hybridized carbons (Fsp3) is 0.400. The van der Waals surface area contributed by atoms with Gasteiger partial charge in [0.25, 0.3) is 0 Å². The van der Waals surface area contributed by atoms with Gasteiger partial charge in [0.2, 0.25) is 0 Å². The van der Waals surface area contributed by atoms with Gasteiger partial charge in [0.1, 0.15) is 5.82 Å². The van der Waals surface area contributed by atoms with Crippen molar-refractivity contribution >= 4 is 23.0 Å². The lowest BCUT2D eigenvalue weighted by molar-refractivity contribution is -0.140. The topological polar surface area (TPSA) is 65.7 Å². The van der Waals surface area contributed by atoms with Gasteiger partial charge in [-0.15, -0.1) is 0 Å². The standard InChI is InChI=1S/C35H40ClN5O2/c1-35(2)42-23-28(43-35)22-40-16-13-27(14-17-40)41-18-15-29-25(21-41)9-6-10-32(29)38-26-11-12-31(36)30(19-26)34-37-20-33(39-34)24-7-4-3-5-8-24/h3-12,19-20,27-28,38H,13-18,21-23H2,1-2H3,(H,37,39)/t28-/m0/s1. The van der Waals surface area contributed by atoms with Crippen molar-refractivity contribution in [3.63, 3.8) is 0 Å². The van der Waals surface area contributed by atoms with Crippen molar-refractivity contribution in [1.82, 2.24) is 19.8 Å². The average Bonchev–Trinajstić information content (AvgIpc) is 3.65. The van der Waals surface area contributed by atoms with Crippen molar-refractivity contribution in [1.29, 1.82) is 0 Å². The number of H-pyrrole nitrogens is 1. The van der Waals surface area contributed by atoms with Crippen LogP contribution < -0.4 is 5.32 Å². The second kappa shape index (κ2) is 12.1. The number of fused-ring (bicyclic) bond motifs is 1. The first kappa shape index (κ1) is 28.6. The monoisotopic (exact) mass is 597 g/mol. The molecular weight excluding hydrogens is 558 g/mol. The third kappa shape index (κ3) is 6.37. The zero-order valence-electron chi connectivity index (χ0n) is 25.0. The molecule has 0 radical (unpaired) electrons. The molecule has 0 spiro atoms. The Morgan fingerprint density at radius 1 is 1.02 bits per heavy atom. The molecule has 3 aliphatic heterocycles. The number of hydrogen-bond donors (Lipinski definition) is 2. The van der Waals surface area contributed by atoms with E-state index in [-0.39, 0.29) is 6.10 Å². The number of imidazole rings is 1. The molecule has 4 heterocycles. The molecule has 0 unspecified atom stereocenters. The van der Waals surface area contributed by atoms with E-state index in [0.717, 1.165) is 67.5 Å². The van der Waals surface area contributed by atoms with E-state index in [9.17, 15) is 0 Å². The number of aromatic amines is 1. The number of likely N-dealkylation sites (tertiary alicyclic amines) is 1. The molecule has 3 aliphatic rings. The van der Waals surface area contributed by atoms with Gasteiger partial charge in [-0.05, 0) is 87.2 Å². The van der Waals surface area contributed by atoms with Crippen molar-refractivity contribution in [3.8, 4) is 22.6 Å². The van der Waals surface area contributed by atoms with Gasteiger partial charge in [-0.25, -0.2) is 4.98 Å². The molecule has 0 aliphatic carbocycles. The first-order valence-electron chi connectivity index (χ1n) is 15.5. The Labute approximate surface area is 259 Å². The maximum absolute atomic E-state index is 6.65. The number of ether oxygens (including phenoxy) is 2. The fourth-order valence-corrected chi connectivity index (χ4v) is 7.04. The first-order valence-corrected chi connectivity index (χ1v) is 15.8. The molecule has 7 nitrogen and oxygen atoms in total. The van der Waals surface area contributed by atoms with E-state index in [4.69, 9.17) is 21.1 Å². The smallest absolute Gasteiger partial charge is 0.163 e. The molecule has 4 aromatic rings. The largest absolute Gasteiger partial charge is 0.355 e. The minimum Gasteiger partial charge on any atom is -0.355 e. The molecule has 43 heavy (non-hydrogen) atoms. The number of piperidine rings is 1. The van der Waals surface area contributed by atoms with Gasteiger partial charge >= 0.3 is 0 Å². The van der Waals surface area contributed by atoms with Gasteiger partial charge < -0.3 is 24.7 Å². The van der Waals surface area contributed by atoms with E-state index < -0.39 is 5.79 Å². The van der Waals surface area contributed by atoms with Crippen LogP contribution in [0, 0.1) is 0 Å². The predicted octanol–water partition coefficient (Wildman–Crippen LogP) is 7.11.